The van der Waals surface area contributed by atoms with Gasteiger partial charge in [-0.3, -0.25) is 0 Å². The van der Waals surface area contributed by atoms with E-state index in [0.717, 1.165) is 27.9 Å². The number of H-pyrrole nitrogens is 1. The highest BCUT2D eigenvalue weighted by Crippen LogP contribution is 2.35. The predicted molar refractivity (Wildman–Crippen MR) is 110 cm³/mol. The molecule has 0 spiro atoms. The number of aromatic nitrogens is 3. The van der Waals surface area contributed by atoms with Crippen LogP contribution in [0, 0.1) is 6.92 Å². The maximum absolute atomic E-state index is 6.52. The SMILES string of the molecule is Cc1oc(C(C)(C)C)nc1-c1nc2cc(-c3ccccc3Cl)cc(Cl)c2[nH]1. The molecule has 27 heavy (non-hydrogen) atoms. The van der Waals surface area contributed by atoms with E-state index in [4.69, 9.17) is 32.6 Å². The van der Waals surface area contributed by atoms with Crippen LogP contribution < -0.4 is 0 Å². The van der Waals surface area contributed by atoms with Gasteiger partial charge in [-0.05, 0) is 30.7 Å². The molecule has 2 aromatic heterocycles. The number of aromatic amines is 1. The van der Waals surface area contributed by atoms with E-state index in [1.807, 2.05) is 43.3 Å². The van der Waals surface area contributed by atoms with Crippen LogP contribution in [0.1, 0.15) is 32.4 Å². The maximum Gasteiger partial charge on any atom is 0.200 e. The first-order valence-corrected chi connectivity index (χ1v) is 9.42. The highest BCUT2D eigenvalue weighted by molar-refractivity contribution is 6.36. The van der Waals surface area contributed by atoms with Gasteiger partial charge >= 0.3 is 0 Å². The summed E-state index contributed by atoms with van der Waals surface area (Å²) in [7, 11) is 0. The summed E-state index contributed by atoms with van der Waals surface area (Å²) in [6.07, 6.45) is 0. The zero-order valence-electron chi connectivity index (χ0n) is 15.5. The van der Waals surface area contributed by atoms with Gasteiger partial charge in [0.1, 0.15) is 11.5 Å². The average molecular weight is 400 g/mol. The number of oxazole rings is 1. The Hall–Kier alpha value is -2.30. The lowest BCUT2D eigenvalue weighted by Crippen LogP contribution is -2.11. The summed E-state index contributed by atoms with van der Waals surface area (Å²) in [5.74, 6) is 2.04. The summed E-state index contributed by atoms with van der Waals surface area (Å²) in [5.41, 5.74) is 3.88. The van der Waals surface area contributed by atoms with Crippen molar-refractivity contribution < 1.29 is 4.42 Å². The van der Waals surface area contributed by atoms with Gasteiger partial charge in [-0.1, -0.05) is 62.2 Å². The minimum Gasteiger partial charge on any atom is -0.445 e. The first-order valence-electron chi connectivity index (χ1n) is 8.66. The van der Waals surface area contributed by atoms with Gasteiger partial charge in [0.25, 0.3) is 0 Å². The van der Waals surface area contributed by atoms with Crippen LogP contribution in [-0.2, 0) is 5.41 Å². The Morgan fingerprint density at radius 1 is 1.00 bits per heavy atom. The molecule has 2 aromatic carbocycles. The Bertz CT molecular complexity index is 1150. The third-order valence-corrected chi connectivity index (χ3v) is 5.02. The van der Waals surface area contributed by atoms with Crippen molar-refractivity contribution in [1.29, 1.82) is 0 Å². The van der Waals surface area contributed by atoms with Crippen molar-refractivity contribution in [2.45, 2.75) is 33.1 Å². The lowest BCUT2D eigenvalue weighted by atomic mass is 9.97. The molecule has 0 amide bonds. The molecule has 138 valence electrons. The Morgan fingerprint density at radius 3 is 2.41 bits per heavy atom. The molecule has 0 fully saturated rings. The zero-order valence-corrected chi connectivity index (χ0v) is 17.0. The quantitative estimate of drug-likeness (QED) is 0.403. The average Bonchev–Trinajstić information content (AvgIpc) is 3.18. The molecule has 0 aliphatic heterocycles. The minimum absolute atomic E-state index is 0.177. The molecule has 0 aliphatic carbocycles. The largest absolute Gasteiger partial charge is 0.445 e. The molecule has 0 unspecified atom stereocenters. The number of nitrogens with one attached hydrogen (secondary N) is 1. The van der Waals surface area contributed by atoms with Gasteiger partial charge in [0.15, 0.2) is 11.7 Å². The summed E-state index contributed by atoms with van der Waals surface area (Å²) in [4.78, 5) is 12.6. The molecule has 0 saturated heterocycles. The van der Waals surface area contributed by atoms with Gasteiger partial charge in [-0.15, -0.1) is 0 Å². The molecular weight excluding hydrogens is 381 g/mol. The van der Waals surface area contributed by atoms with E-state index in [9.17, 15) is 0 Å². The molecule has 0 bridgehead atoms. The smallest absolute Gasteiger partial charge is 0.200 e. The number of fused-ring (bicyclic) bond motifs is 1. The van der Waals surface area contributed by atoms with E-state index in [-0.39, 0.29) is 5.41 Å². The fourth-order valence-electron chi connectivity index (χ4n) is 2.97. The summed E-state index contributed by atoms with van der Waals surface area (Å²) in [6.45, 7) is 8.08. The summed E-state index contributed by atoms with van der Waals surface area (Å²) < 4.78 is 5.85. The standard InChI is InChI=1S/C21H19Cl2N3O/c1-11-17(26-20(27-11)21(2,3)4)19-24-16-10-12(9-15(23)18(16)25-19)13-7-5-6-8-14(13)22/h5-10H,1-4H3,(H,24,25). The molecule has 4 rings (SSSR count). The monoisotopic (exact) mass is 399 g/mol. The van der Waals surface area contributed by atoms with Gasteiger partial charge in [-0.25, -0.2) is 9.97 Å². The van der Waals surface area contributed by atoms with Crippen molar-refractivity contribution in [3.8, 4) is 22.6 Å². The van der Waals surface area contributed by atoms with Crippen LogP contribution in [0.25, 0.3) is 33.7 Å². The maximum atomic E-state index is 6.52. The molecule has 2 heterocycles. The summed E-state index contributed by atoms with van der Waals surface area (Å²) in [5, 5.41) is 1.25. The highest BCUT2D eigenvalue weighted by atomic mass is 35.5. The van der Waals surface area contributed by atoms with Gasteiger partial charge in [0.05, 0.1) is 16.1 Å². The number of benzene rings is 2. The predicted octanol–water partition coefficient (Wildman–Crippen LogP) is 6.80. The number of nitrogens with zero attached hydrogens (tertiary/aromatic N) is 2. The van der Waals surface area contributed by atoms with Crippen LogP contribution in [-0.4, -0.2) is 15.0 Å². The van der Waals surface area contributed by atoms with Gasteiger partial charge in [0.2, 0.25) is 0 Å². The molecule has 4 aromatic rings. The Kier molecular flexibility index (Phi) is 4.28. The topological polar surface area (TPSA) is 54.7 Å². The number of aryl methyl sites for hydroxylation is 1. The van der Waals surface area contributed by atoms with E-state index in [2.05, 4.69) is 30.7 Å². The Labute approximate surface area is 167 Å². The van der Waals surface area contributed by atoms with Gasteiger partial charge < -0.3 is 9.40 Å². The number of halogens is 2. The minimum atomic E-state index is -0.177. The number of hydrogen-bond acceptors (Lipinski definition) is 3. The Balaban J connectivity index is 1.85. The summed E-state index contributed by atoms with van der Waals surface area (Å²) in [6, 6.07) is 11.5. The normalized spacial score (nSPS) is 12.1. The van der Waals surface area contributed by atoms with E-state index in [0.29, 0.717) is 27.5 Å². The molecule has 4 nitrogen and oxygen atoms in total. The van der Waals surface area contributed by atoms with Crippen LogP contribution in [0.15, 0.2) is 40.8 Å². The van der Waals surface area contributed by atoms with Crippen molar-refractivity contribution in [3.05, 3.63) is 58.1 Å². The van der Waals surface area contributed by atoms with Crippen LogP contribution in [0.5, 0.6) is 0 Å². The first kappa shape index (κ1) is 18.1. The van der Waals surface area contributed by atoms with Crippen molar-refractivity contribution in [1.82, 2.24) is 15.0 Å². The number of imidazole rings is 1. The first-order chi connectivity index (χ1) is 12.7. The van der Waals surface area contributed by atoms with E-state index >= 15 is 0 Å². The molecular formula is C21H19Cl2N3O. The van der Waals surface area contributed by atoms with Crippen LogP contribution >= 0.6 is 23.2 Å². The molecule has 0 aliphatic rings. The van der Waals surface area contributed by atoms with Crippen molar-refractivity contribution in [2.24, 2.45) is 0 Å². The van der Waals surface area contributed by atoms with Crippen molar-refractivity contribution in [3.63, 3.8) is 0 Å². The van der Waals surface area contributed by atoms with Crippen LogP contribution in [0.3, 0.4) is 0 Å². The van der Waals surface area contributed by atoms with Gasteiger partial charge in [0, 0.05) is 16.0 Å². The van der Waals surface area contributed by atoms with Crippen molar-refractivity contribution >= 4 is 34.2 Å². The fourth-order valence-corrected chi connectivity index (χ4v) is 3.48. The Morgan fingerprint density at radius 2 is 1.74 bits per heavy atom. The van der Waals surface area contributed by atoms with Crippen molar-refractivity contribution in [2.75, 3.05) is 0 Å². The second-order valence-corrected chi connectivity index (χ2v) is 8.41. The van der Waals surface area contributed by atoms with E-state index < -0.39 is 0 Å². The lowest BCUT2D eigenvalue weighted by Gasteiger charge is -2.11. The molecule has 0 atom stereocenters. The number of hydrogen-bond donors (Lipinski definition) is 1. The lowest BCUT2D eigenvalue weighted by molar-refractivity contribution is 0.380. The third-order valence-electron chi connectivity index (χ3n) is 4.39. The zero-order chi connectivity index (χ0) is 19.3. The second kappa shape index (κ2) is 6.39. The van der Waals surface area contributed by atoms with E-state index in [1.54, 1.807) is 0 Å². The van der Waals surface area contributed by atoms with Crippen LogP contribution in [0.2, 0.25) is 10.0 Å². The summed E-state index contributed by atoms with van der Waals surface area (Å²) >= 11 is 12.9. The second-order valence-electron chi connectivity index (χ2n) is 7.59. The molecule has 1 N–H and O–H groups in total. The van der Waals surface area contributed by atoms with E-state index in [1.165, 1.54) is 0 Å². The third kappa shape index (κ3) is 3.24. The van der Waals surface area contributed by atoms with Crippen LogP contribution in [0.4, 0.5) is 0 Å². The fraction of sp³-hybridized carbons (Fsp3) is 0.238. The highest BCUT2D eigenvalue weighted by Gasteiger charge is 2.24. The number of rotatable bonds is 2. The molecule has 6 heteroatoms. The van der Waals surface area contributed by atoms with Gasteiger partial charge in [-0.2, -0.15) is 0 Å². The molecule has 0 radical (unpaired) electrons. The molecule has 0 saturated carbocycles.